The molecule has 4 nitrogen and oxygen atoms in total. The number of nitrogens with zero attached hydrogens (tertiary/aromatic N) is 1. The lowest BCUT2D eigenvalue weighted by Gasteiger charge is -2.38. The highest BCUT2D eigenvalue weighted by Crippen LogP contribution is 2.38. The topological polar surface area (TPSA) is 54.0 Å². The standard InChI is InChI=1S/C19H25N3OS/c1-15-13-24-18(21-15)22-17(23)12-20-14-19(10-6-3-7-11-19)16-8-4-2-5-9-16/h2,4-5,8-9,13,20H,3,6-7,10-12,14H2,1H3,(H,21,22,23). The van der Waals surface area contributed by atoms with Gasteiger partial charge in [0, 0.05) is 17.3 Å². The molecule has 1 fully saturated rings. The zero-order valence-corrected chi connectivity index (χ0v) is 15.0. The van der Waals surface area contributed by atoms with Crippen LogP contribution in [0.25, 0.3) is 0 Å². The number of aromatic nitrogens is 1. The fraction of sp³-hybridized carbons (Fsp3) is 0.474. The second kappa shape index (κ2) is 7.90. The molecule has 1 aromatic carbocycles. The van der Waals surface area contributed by atoms with Crippen LogP contribution < -0.4 is 10.6 Å². The number of benzene rings is 1. The van der Waals surface area contributed by atoms with Crippen LogP contribution in [0.15, 0.2) is 35.7 Å². The Bertz CT molecular complexity index is 662. The second-order valence-corrected chi connectivity index (χ2v) is 7.51. The highest BCUT2D eigenvalue weighted by molar-refractivity contribution is 7.13. The molecule has 3 rings (SSSR count). The Kier molecular flexibility index (Phi) is 5.63. The van der Waals surface area contributed by atoms with Gasteiger partial charge in [0.25, 0.3) is 0 Å². The molecule has 2 aromatic rings. The first-order valence-electron chi connectivity index (χ1n) is 8.66. The molecule has 1 aromatic heterocycles. The van der Waals surface area contributed by atoms with Crippen LogP contribution in [0.5, 0.6) is 0 Å². The minimum atomic E-state index is -0.0247. The molecule has 128 valence electrons. The van der Waals surface area contributed by atoms with Crippen molar-refractivity contribution in [1.29, 1.82) is 0 Å². The number of amides is 1. The van der Waals surface area contributed by atoms with E-state index in [0.29, 0.717) is 11.7 Å². The van der Waals surface area contributed by atoms with Gasteiger partial charge in [-0.05, 0) is 25.3 Å². The maximum absolute atomic E-state index is 12.1. The van der Waals surface area contributed by atoms with Gasteiger partial charge in [0.15, 0.2) is 5.13 Å². The van der Waals surface area contributed by atoms with Crippen molar-refractivity contribution < 1.29 is 4.79 Å². The number of hydrogen-bond donors (Lipinski definition) is 2. The van der Waals surface area contributed by atoms with Crippen molar-refractivity contribution in [3.05, 3.63) is 47.0 Å². The molecule has 1 aliphatic rings. The zero-order chi connectivity index (χ0) is 16.8. The largest absolute Gasteiger partial charge is 0.308 e. The molecule has 0 aliphatic heterocycles. The predicted octanol–water partition coefficient (Wildman–Crippen LogP) is 3.88. The van der Waals surface area contributed by atoms with Crippen molar-refractivity contribution in [2.24, 2.45) is 0 Å². The van der Waals surface area contributed by atoms with E-state index in [1.165, 1.54) is 49.0 Å². The van der Waals surface area contributed by atoms with Crippen molar-refractivity contribution in [3.63, 3.8) is 0 Å². The SMILES string of the molecule is Cc1csc(NC(=O)CNCC2(c3ccccc3)CCCCC2)n1. The van der Waals surface area contributed by atoms with Gasteiger partial charge < -0.3 is 10.6 Å². The molecule has 1 heterocycles. The molecule has 0 bridgehead atoms. The van der Waals surface area contributed by atoms with Gasteiger partial charge in [0.05, 0.1) is 12.2 Å². The Morgan fingerprint density at radius 2 is 1.96 bits per heavy atom. The van der Waals surface area contributed by atoms with Crippen LogP contribution in [-0.2, 0) is 10.2 Å². The van der Waals surface area contributed by atoms with Gasteiger partial charge in [-0.2, -0.15) is 0 Å². The van der Waals surface area contributed by atoms with Gasteiger partial charge in [0.2, 0.25) is 5.91 Å². The van der Waals surface area contributed by atoms with Gasteiger partial charge in [0.1, 0.15) is 0 Å². The first kappa shape index (κ1) is 17.1. The summed E-state index contributed by atoms with van der Waals surface area (Å²) in [5, 5.41) is 8.86. The third kappa shape index (κ3) is 4.22. The molecule has 5 heteroatoms. The molecule has 1 amide bonds. The number of aryl methyl sites for hydroxylation is 1. The molecule has 0 atom stereocenters. The van der Waals surface area contributed by atoms with Crippen molar-refractivity contribution in [2.45, 2.75) is 44.4 Å². The smallest absolute Gasteiger partial charge is 0.240 e. The molecule has 24 heavy (non-hydrogen) atoms. The number of nitrogens with one attached hydrogen (secondary N) is 2. The normalized spacial score (nSPS) is 16.7. The summed E-state index contributed by atoms with van der Waals surface area (Å²) in [5.41, 5.74) is 2.50. The molecule has 0 unspecified atom stereocenters. The van der Waals surface area contributed by atoms with E-state index in [9.17, 15) is 4.79 Å². The van der Waals surface area contributed by atoms with Crippen molar-refractivity contribution in [1.82, 2.24) is 10.3 Å². The number of carbonyl (C=O) groups is 1. The molecular weight excluding hydrogens is 318 g/mol. The van der Waals surface area contributed by atoms with Crippen LogP contribution in [0, 0.1) is 6.92 Å². The van der Waals surface area contributed by atoms with E-state index in [4.69, 9.17) is 0 Å². The van der Waals surface area contributed by atoms with E-state index in [1.54, 1.807) is 0 Å². The van der Waals surface area contributed by atoms with Gasteiger partial charge in [-0.3, -0.25) is 4.79 Å². The monoisotopic (exact) mass is 343 g/mol. The van der Waals surface area contributed by atoms with Crippen LogP contribution in [0.3, 0.4) is 0 Å². The third-order valence-corrected chi connectivity index (χ3v) is 5.69. The lowest BCUT2D eigenvalue weighted by atomic mass is 9.69. The molecular formula is C19H25N3OS. The van der Waals surface area contributed by atoms with Crippen LogP contribution in [0.2, 0.25) is 0 Å². The van der Waals surface area contributed by atoms with Gasteiger partial charge >= 0.3 is 0 Å². The number of anilines is 1. The van der Waals surface area contributed by atoms with Crippen LogP contribution in [0.4, 0.5) is 5.13 Å². The summed E-state index contributed by atoms with van der Waals surface area (Å²) in [5.74, 6) is -0.0247. The summed E-state index contributed by atoms with van der Waals surface area (Å²) in [6, 6.07) is 10.8. The Morgan fingerprint density at radius 1 is 1.21 bits per heavy atom. The van der Waals surface area contributed by atoms with E-state index in [0.717, 1.165) is 12.2 Å². The average Bonchev–Trinajstić information content (AvgIpc) is 3.01. The number of carbonyl (C=O) groups excluding carboxylic acids is 1. The summed E-state index contributed by atoms with van der Waals surface area (Å²) < 4.78 is 0. The van der Waals surface area contributed by atoms with Gasteiger partial charge in [-0.1, -0.05) is 49.6 Å². The zero-order valence-electron chi connectivity index (χ0n) is 14.2. The van der Waals surface area contributed by atoms with E-state index < -0.39 is 0 Å². The highest BCUT2D eigenvalue weighted by atomic mass is 32.1. The van der Waals surface area contributed by atoms with E-state index in [1.807, 2.05) is 12.3 Å². The van der Waals surface area contributed by atoms with Crippen molar-refractivity contribution in [3.8, 4) is 0 Å². The maximum atomic E-state index is 12.1. The molecule has 0 saturated heterocycles. The Balaban J connectivity index is 1.57. The summed E-state index contributed by atoms with van der Waals surface area (Å²) in [6.45, 7) is 3.10. The Hall–Kier alpha value is -1.72. The number of thiazole rings is 1. The lowest BCUT2D eigenvalue weighted by Crippen LogP contribution is -2.42. The fourth-order valence-electron chi connectivity index (χ4n) is 3.58. The first-order valence-corrected chi connectivity index (χ1v) is 9.54. The van der Waals surface area contributed by atoms with Gasteiger partial charge in [-0.15, -0.1) is 11.3 Å². The van der Waals surface area contributed by atoms with Crippen LogP contribution in [-0.4, -0.2) is 24.0 Å². The van der Waals surface area contributed by atoms with Crippen molar-refractivity contribution in [2.75, 3.05) is 18.4 Å². The van der Waals surface area contributed by atoms with E-state index in [2.05, 4.69) is 45.9 Å². The van der Waals surface area contributed by atoms with E-state index >= 15 is 0 Å². The minimum Gasteiger partial charge on any atom is -0.308 e. The molecule has 0 spiro atoms. The van der Waals surface area contributed by atoms with E-state index in [-0.39, 0.29) is 11.3 Å². The minimum absolute atomic E-state index is 0.0247. The van der Waals surface area contributed by atoms with Gasteiger partial charge in [-0.25, -0.2) is 4.98 Å². The quantitative estimate of drug-likeness (QED) is 0.837. The van der Waals surface area contributed by atoms with Crippen LogP contribution in [0.1, 0.15) is 43.4 Å². The summed E-state index contributed by atoms with van der Waals surface area (Å²) in [6.07, 6.45) is 6.23. The Morgan fingerprint density at radius 3 is 2.62 bits per heavy atom. The summed E-state index contributed by atoms with van der Waals surface area (Å²) in [7, 11) is 0. The summed E-state index contributed by atoms with van der Waals surface area (Å²) in [4.78, 5) is 16.4. The van der Waals surface area contributed by atoms with Crippen LogP contribution >= 0.6 is 11.3 Å². The highest BCUT2D eigenvalue weighted by Gasteiger charge is 2.33. The molecule has 0 radical (unpaired) electrons. The number of rotatable bonds is 6. The molecule has 1 aliphatic carbocycles. The molecule has 2 N–H and O–H groups in total. The fourth-order valence-corrected chi connectivity index (χ4v) is 4.28. The average molecular weight is 343 g/mol. The lowest BCUT2D eigenvalue weighted by molar-refractivity contribution is -0.115. The molecule has 1 saturated carbocycles. The summed E-state index contributed by atoms with van der Waals surface area (Å²) >= 11 is 1.46. The predicted molar refractivity (Wildman–Crippen MR) is 99.6 cm³/mol. The Labute approximate surface area is 147 Å². The third-order valence-electron chi connectivity index (χ3n) is 4.81. The maximum Gasteiger partial charge on any atom is 0.240 e. The van der Waals surface area contributed by atoms with Crippen molar-refractivity contribution >= 4 is 22.4 Å². The number of hydrogen-bond acceptors (Lipinski definition) is 4. The first-order chi connectivity index (χ1) is 11.7. The second-order valence-electron chi connectivity index (χ2n) is 6.65.